The van der Waals surface area contributed by atoms with Crippen LogP contribution in [-0.4, -0.2) is 61.3 Å². The van der Waals surface area contributed by atoms with E-state index in [0.29, 0.717) is 5.56 Å². The summed E-state index contributed by atoms with van der Waals surface area (Å²) in [5, 5.41) is 31.9. The van der Waals surface area contributed by atoms with Crippen LogP contribution in [-0.2, 0) is 22.4 Å². The van der Waals surface area contributed by atoms with E-state index in [2.05, 4.69) is 9.97 Å². The number of halogens is 1. The van der Waals surface area contributed by atoms with Gasteiger partial charge in [0.05, 0.1) is 18.1 Å². The van der Waals surface area contributed by atoms with Gasteiger partial charge in [-0.3, -0.25) is 9.78 Å². The number of phenolic OH excluding ortho intramolecular Hbond substituents is 1. The normalized spacial score (nSPS) is 15.3. The van der Waals surface area contributed by atoms with E-state index in [4.69, 9.17) is 0 Å². The number of fused-ring (bicyclic) bond motifs is 1. The lowest BCUT2D eigenvalue weighted by atomic mass is 9.69. The number of carboxylic acid groups (broad SMARTS) is 1. The van der Waals surface area contributed by atoms with Gasteiger partial charge in [0, 0.05) is 46.9 Å². The molecule has 3 aromatic carbocycles. The Balaban J connectivity index is 1.26. The van der Waals surface area contributed by atoms with Gasteiger partial charge in [0.15, 0.2) is 6.10 Å². The molecular formula is C35H32FN3O5. The SMILES string of the molecule is O=C(O)C(O)C1(Cc2ccc(F)cc2)CCN(C(=O)Cc2ccc(-c3ccccc3O)cc2-c2cc3ccncc3[nH]2)CC1. The quantitative estimate of drug-likeness (QED) is 0.186. The Morgan fingerprint density at radius 1 is 0.977 bits per heavy atom. The molecule has 6 rings (SSSR count). The van der Waals surface area contributed by atoms with Crippen molar-refractivity contribution in [1.29, 1.82) is 0 Å². The number of carbonyl (C=O) groups is 2. The molecule has 4 N–H and O–H groups in total. The van der Waals surface area contributed by atoms with Crippen molar-refractivity contribution in [3.05, 3.63) is 108 Å². The fourth-order valence-corrected chi connectivity index (χ4v) is 6.28. The first-order valence-electron chi connectivity index (χ1n) is 14.5. The topological polar surface area (TPSA) is 127 Å². The van der Waals surface area contributed by atoms with Gasteiger partial charge in [-0.2, -0.15) is 0 Å². The van der Waals surface area contributed by atoms with Crippen LogP contribution in [0, 0.1) is 11.2 Å². The Bertz CT molecular complexity index is 1790. The van der Waals surface area contributed by atoms with Crippen LogP contribution in [0.15, 0.2) is 91.3 Å². The first-order chi connectivity index (χ1) is 21.2. The highest BCUT2D eigenvalue weighted by molar-refractivity contribution is 5.89. The molecule has 2 aromatic heterocycles. The number of piperidine rings is 1. The molecule has 0 saturated carbocycles. The minimum absolute atomic E-state index is 0.108. The number of pyridine rings is 1. The van der Waals surface area contributed by atoms with E-state index >= 15 is 0 Å². The number of benzene rings is 3. The summed E-state index contributed by atoms with van der Waals surface area (Å²) < 4.78 is 13.5. The molecule has 1 aliphatic rings. The predicted molar refractivity (Wildman–Crippen MR) is 164 cm³/mol. The van der Waals surface area contributed by atoms with Gasteiger partial charge in [0.1, 0.15) is 11.6 Å². The molecule has 0 radical (unpaired) electrons. The van der Waals surface area contributed by atoms with Crippen molar-refractivity contribution in [2.75, 3.05) is 13.1 Å². The second-order valence-corrected chi connectivity index (χ2v) is 11.5. The van der Waals surface area contributed by atoms with Crippen LogP contribution in [0.4, 0.5) is 4.39 Å². The van der Waals surface area contributed by atoms with Crippen molar-refractivity contribution in [2.45, 2.75) is 31.8 Å². The second-order valence-electron chi connectivity index (χ2n) is 11.5. The van der Waals surface area contributed by atoms with Gasteiger partial charge in [0.25, 0.3) is 0 Å². The lowest BCUT2D eigenvalue weighted by molar-refractivity contribution is -0.158. The zero-order valence-electron chi connectivity index (χ0n) is 23.9. The van der Waals surface area contributed by atoms with Crippen LogP contribution in [0.2, 0.25) is 0 Å². The molecule has 224 valence electrons. The third-order valence-electron chi connectivity index (χ3n) is 8.78. The molecule has 8 nitrogen and oxygen atoms in total. The molecular weight excluding hydrogens is 561 g/mol. The number of likely N-dealkylation sites (tertiary alicyclic amines) is 1. The summed E-state index contributed by atoms with van der Waals surface area (Å²) in [5.74, 6) is -1.66. The van der Waals surface area contributed by atoms with Gasteiger partial charge in [-0.15, -0.1) is 0 Å². The fourth-order valence-electron chi connectivity index (χ4n) is 6.28. The summed E-state index contributed by atoms with van der Waals surface area (Å²) in [6.45, 7) is 0.571. The minimum atomic E-state index is -1.62. The monoisotopic (exact) mass is 593 g/mol. The number of hydrogen-bond acceptors (Lipinski definition) is 5. The summed E-state index contributed by atoms with van der Waals surface area (Å²) in [6, 6.07) is 22.6. The first kappa shape index (κ1) is 29.1. The molecule has 1 aliphatic heterocycles. The average Bonchev–Trinajstić information content (AvgIpc) is 3.47. The molecule has 9 heteroatoms. The number of carboxylic acids is 1. The number of hydrogen-bond donors (Lipinski definition) is 4. The van der Waals surface area contributed by atoms with E-state index in [-0.39, 0.29) is 56.2 Å². The van der Waals surface area contributed by atoms with Crippen LogP contribution in [0.1, 0.15) is 24.0 Å². The third-order valence-corrected chi connectivity index (χ3v) is 8.78. The molecule has 0 spiro atoms. The van der Waals surface area contributed by atoms with Gasteiger partial charge >= 0.3 is 5.97 Å². The van der Waals surface area contributed by atoms with Gasteiger partial charge in [-0.1, -0.05) is 42.5 Å². The van der Waals surface area contributed by atoms with Gasteiger partial charge in [-0.25, -0.2) is 9.18 Å². The lowest BCUT2D eigenvalue weighted by Crippen LogP contribution is -2.51. The van der Waals surface area contributed by atoms with Crippen LogP contribution >= 0.6 is 0 Å². The summed E-state index contributed by atoms with van der Waals surface area (Å²) in [4.78, 5) is 34.9. The Labute approximate surface area is 253 Å². The standard InChI is InChI=1S/C35H32FN3O5/c36-26-9-5-22(6-10-26)20-35(33(42)34(43)44)12-15-39(16-13-35)32(41)19-24-8-7-23(27-3-1-2-4-31(27)40)17-28(24)29-18-25-11-14-37-21-30(25)38-29/h1-11,14,17-18,21,33,38,40,42H,12-13,15-16,19-20H2,(H,43,44). The number of para-hydroxylation sites is 1. The molecule has 1 fully saturated rings. The third kappa shape index (κ3) is 5.78. The van der Waals surface area contributed by atoms with E-state index < -0.39 is 17.5 Å². The van der Waals surface area contributed by atoms with Crippen molar-refractivity contribution in [3.63, 3.8) is 0 Å². The Morgan fingerprint density at radius 2 is 1.73 bits per heavy atom. The van der Waals surface area contributed by atoms with E-state index in [1.54, 1.807) is 41.6 Å². The van der Waals surface area contributed by atoms with E-state index in [1.165, 1.54) is 12.1 Å². The van der Waals surface area contributed by atoms with Gasteiger partial charge in [-0.05, 0) is 72.4 Å². The number of aliphatic carboxylic acids is 1. The summed E-state index contributed by atoms with van der Waals surface area (Å²) in [7, 11) is 0. The second kappa shape index (κ2) is 11.9. The lowest BCUT2D eigenvalue weighted by Gasteiger charge is -2.43. The summed E-state index contributed by atoms with van der Waals surface area (Å²) >= 11 is 0. The minimum Gasteiger partial charge on any atom is -0.507 e. The van der Waals surface area contributed by atoms with Crippen molar-refractivity contribution in [2.24, 2.45) is 5.41 Å². The van der Waals surface area contributed by atoms with Crippen LogP contribution in [0.25, 0.3) is 33.3 Å². The first-order valence-corrected chi connectivity index (χ1v) is 14.5. The van der Waals surface area contributed by atoms with E-state index in [9.17, 15) is 29.3 Å². The maximum absolute atomic E-state index is 13.7. The number of phenols is 1. The zero-order chi connectivity index (χ0) is 30.8. The van der Waals surface area contributed by atoms with E-state index in [0.717, 1.165) is 38.9 Å². The number of amides is 1. The fraction of sp³-hybridized carbons (Fsp3) is 0.229. The van der Waals surface area contributed by atoms with Gasteiger partial charge in [0.2, 0.25) is 5.91 Å². The number of nitrogens with one attached hydrogen (secondary N) is 1. The smallest absolute Gasteiger partial charge is 0.333 e. The van der Waals surface area contributed by atoms with E-state index in [1.807, 2.05) is 42.5 Å². The number of carbonyl (C=O) groups excluding carboxylic acids is 1. The predicted octanol–water partition coefficient (Wildman–Crippen LogP) is 5.58. The number of aromatic hydroxyl groups is 1. The number of aromatic amines is 1. The van der Waals surface area contributed by atoms with Crippen LogP contribution in [0.5, 0.6) is 5.75 Å². The van der Waals surface area contributed by atoms with Crippen LogP contribution < -0.4 is 0 Å². The van der Waals surface area contributed by atoms with Gasteiger partial charge < -0.3 is 25.2 Å². The van der Waals surface area contributed by atoms with Crippen molar-refractivity contribution in [1.82, 2.24) is 14.9 Å². The summed E-state index contributed by atoms with van der Waals surface area (Å²) in [6.07, 6.45) is 2.79. The van der Waals surface area contributed by atoms with Crippen molar-refractivity contribution in [3.8, 4) is 28.1 Å². The molecule has 5 aromatic rings. The molecule has 1 unspecified atom stereocenters. The number of H-pyrrole nitrogens is 1. The molecule has 1 saturated heterocycles. The Morgan fingerprint density at radius 3 is 2.43 bits per heavy atom. The number of nitrogens with zero attached hydrogens (tertiary/aromatic N) is 2. The number of aromatic nitrogens is 2. The molecule has 1 amide bonds. The highest BCUT2D eigenvalue weighted by Gasteiger charge is 2.45. The number of aliphatic hydroxyl groups excluding tert-OH is 1. The van der Waals surface area contributed by atoms with Crippen molar-refractivity contribution < 1.29 is 29.3 Å². The Kier molecular flexibility index (Phi) is 7.88. The molecule has 0 bridgehead atoms. The number of rotatable bonds is 8. The molecule has 1 atom stereocenters. The largest absolute Gasteiger partial charge is 0.507 e. The maximum atomic E-state index is 13.7. The molecule has 0 aliphatic carbocycles. The highest BCUT2D eigenvalue weighted by Crippen LogP contribution is 2.40. The van der Waals surface area contributed by atoms with Crippen LogP contribution in [0.3, 0.4) is 0 Å². The maximum Gasteiger partial charge on any atom is 0.333 e. The Hall–Kier alpha value is -5.02. The number of aliphatic hydroxyl groups is 1. The molecule has 3 heterocycles. The van der Waals surface area contributed by atoms with Crippen molar-refractivity contribution >= 4 is 22.8 Å². The summed E-state index contributed by atoms with van der Waals surface area (Å²) in [5.41, 5.74) is 4.51. The highest BCUT2D eigenvalue weighted by atomic mass is 19.1. The zero-order valence-corrected chi connectivity index (χ0v) is 23.9. The molecule has 44 heavy (non-hydrogen) atoms. The average molecular weight is 594 g/mol.